The van der Waals surface area contributed by atoms with E-state index >= 15 is 0 Å². The molecule has 0 aliphatic carbocycles. The van der Waals surface area contributed by atoms with Crippen LogP contribution in [-0.4, -0.2) is 16.6 Å². The fourth-order valence-corrected chi connectivity index (χ4v) is 6.37. The molecule has 0 amide bonds. The largest absolute Gasteiger partial charge is 0.508 e. The topological polar surface area (TPSA) is 20.2 Å². The normalized spacial score (nSPS) is 11.3. The molecule has 0 saturated heterocycles. The van der Waals surface area contributed by atoms with Crippen LogP contribution in [0.3, 0.4) is 0 Å². The van der Waals surface area contributed by atoms with E-state index in [-0.39, 0.29) is 0 Å². The van der Waals surface area contributed by atoms with Crippen molar-refractivity contribution >= 4 is 23.5 Å². The Hall–Kier alpha value is -0.280. The van der Waals surface area contributed by atoms with Crippen LogP contribution < -0.4 is 0 Å². The molecule has 3 heteroatoms. The fraction of sp³-hybridized carbons (Fsp3) is 0.793. The van der Waals surface area contributed by atoms with Crippen molar-refractivity contribution in [1.29, 1.82) is 0 Å². The molecule has 0 aromatic heterocycles. The maximum atomic E-state index is 10.2. The second kappa shape index (κ2) is 21.3. The molecule has 0 aliphatic heterocycles. The summed E-state index contributed by atoms with van der Waals surface area (Å²) in [4.78, 5) is 0. The summed E-state index contributed by atoms with van der Waals surface area (Å²) < 4.78 is 0. The van der Waals surface area contributed by atoms with E-state index in [0.29, 0.717) is 5.75 Å². The van der Waals surface area contributed by atoms with E-state index in [9.17, 15) is 5.11 Å². The lowest BCUT2D eigenvalue weighted by Crippen LogP contribution is -1.97. The minimum atomic E-state index is 0.463. The SMILES string of the molecule is CCCCCCCCCCSCc1ccc(O)c(C)c1CSCCCCCCCCCC. The highest BCUT2D eigenvalue weighted by Crippen LogP contribution is 2.30. The second-order valence-corrected chi connectivity index (χ2v) is 11.6. The molecule has 0 spiro atoms. The van der Waals surface area contributed by atoms with Crippen LogP contribution in [0.25, 0.3) is 0 Å². The van der Waals surface area contributed by atoms with Crippen molar-refractivity contribution in [2.24, 2.45) is 0 Å². The number of thioether (sulfide) groups is 2. The molecule has 0 fully saturated rings. The van der Waals surface area contributed by atoms with Gasteiger partial charge in [-0.15, -0.1) is 0 Å². The summed E-state index contributed by atoms with van der Waals surface area (Å²) in [7, 11) is 0. The number of aromatic hydroxyl groups is 1. The van der Waals surface area contributed by atoms with E-state index in [1.54, 1.807) is 0 Å². The molecule has 32 heavy (non-hydrogen) atoms. The molecule has 1 aromatic rings. The van der Waals surface area contributed by atoms with Gasteiger partial charge in [-0.3, -0.25) is 0 Å². The number of rotatable bonds is 22. The highest BCUT2D eigenvalue weighted by molar-refractivity contribution is 7.98. The van der Waals surface area contributed by atoms with Crippen molar-refractivity contribution in [2.45, 2.75) is 135 Å². The Bertz CT molecular complexity index is 558. The van der Waals surface area contributed by atoms with E-state index in [0.717, 1.165) is 17.1 Å². The van der Waals surface area contributed by atoms with E-state index in [1.807, 2.05) is 6.07 Å². The monoisotopic (exact) mass is 480 g/mol. The lowest BCUT2D eigenvalue weighted by Gasteiger charge is -2.14. The summed E-state index contributed by atoms with van der Waals surface area (Å²) in [6.07, 6.45) is 22.2. The molecule has 0 aliphatic rings. The van der Waals surface area contributed by atoms with E-state index in [1.165, 1.54) is 125 Å². The first-order valence-electron chi connectivity index (χ1n) is 13.7. The summed E-state index contributed by atoms with van der Waals surface area (Å²) in [5, 5.41) is 10.2. The Kier molecular flexibility index (Phi) is 19.8. The van der Waals surface area contributed by atoms with Gasteiger partial charge in [-0.2, -0.15) is 23.5 Å². The first kappa shape index (κ1) is 29.8. The molecule has 0 unspecified atom stereocenters. The van der Waals surface area contributed by atoms with Crippen molar-refractivity contribution in [3.05, 3.63) is 28.8 Å². The quantitative estimate of drug-likeness (QED) is 0.167. The number of benzene rings is 1. The lowest BCUT2D eigenvalue weighted by molar-refractivity contribution is 0.470. The molecule has 186 valence electrons. The highest BCUT2D eigenvalue weighted by atomic mass is 32.2. The number of unbranched alkanes of at least 4 members (excludes halogenated alkanes) is 14. The Labute approximate surface area is 209 Å². The lowest BCUT2D eigenvalue weighted by atomic mass is 10.0. The third kappa shape index (κ3) is 14.8. The fourth-order valence-electron chi connectivity index (χ4n) is 4.17. The maximum Gasteiger partial charge on any atom is 0.118 e. The van der Waals surface area contributed by atoms with Gasteiger partial charge in [-0.1, -0.05) is 110 Å². The minimum absolute atomic E-state index is 0.463. The van der Waals surface area contributed by atoms with Gasteiger partial charge in [0, 0.05) is 11.5 Å². The number of phenols is 1. The van der Waals surface area contributed by atoms with Crippen molar-refractivity contribution < 1.29 is 5.11 Å². The standard InChI is InChI=1S/C29H52OS2/c1-4-6-8-10-12-14-16-18-22-31-24-27-20-21-29(30)26(3)28(27)25-32-23-19-17-15-13-11-9-7-5-2/h20-21,30H,4-19,22-25H2,1-3H3. The van der Waals surface area contributed by atoms with Gasteiger partial charge in [-0.05, 0) is 54.0 Å². The number of hydrogen-bond donors (Lipinski definition) is 1. The van der Waals surface area contributed by atoms with Crippen LogP contribution in [0.1, 0.15) is 133 Å². The van der Waals surface area contributed by atoms with Gasteiger partial charge in [0.25, 0.3) is 0 Å². The van der Waals surface area contributed by atoms with Crippen LogP contribution in [0.2, 0.25) is 0 Å². The summed E-state index contributed by atoms with van der Waals surface area (Å²) in [5.74, 6) is 5.11. The Morgan fingerprint density at radius 2 is 1.03 bits per heavy atom. The molecule has 1 nitrogen and oxygen atoms in total. The average Bonchev–Trinajstić information content (AvgIpc) is 2.80. The van der Waals surface area contributed by atoms with Gasteiger partial charge in [0.05, 0.1) is 0 Å². The highest BCUT2D eigenvalue weighted by Gasteiger charge is 2.10. The van der Waals surface area contributed by atoms with Crippen molar-refractivity contribution in [3.8, 4) is 5.75 Å². The van der Waals surface area contributed by atoms with Crippen molar-refractivity contribution in [1.82, 2.24) is 0 Å². The minimum Gasteiger partial charge on any atom is -0.508 e. The van der Waals surface area contributed by atoms with Crippen LogP contribution in [0.15, 0.2) is 12.1 Å². The molecule has 0 atom stereocenters. The molecule has 1 N–H and O–H groups in total. The second-order valence-electron chi connectivity index (χ2n) is 9.40. The zero-order valence-corrected chi connectivity index (χ0v) is 23.2. The molecule has 0 radical (unpaired) electrons. The van der Waals surface area contributed by atoms with Crippen molar-refractivity contribution in [3.63, 3.8) is 0 Å². The number of hydrogen-bond acceptors (Lipinski definition) is 3. The van der Waals surface area contributed by atoms with Gasteiger partial charge in [0.1, 0.15) is 5.75 Å². The zero-order valence-electron chi connectivity index (χ0n) is 21.6. The third-order valence-corrected chi connectivity index (χ3v) is 8.62. The van der Waals surface area contributed by atoms with Gasteiger partial charge < -0.3 is 5.11 Å². The molecule has 0 saturated carbocycles. The summed E-state index contributed by atoms with van der Waals surface area (Å²) >= 11 is 4.13. The molecule has 1 aromatic carbocycles. The molecule has 1 rings (SSSR count). The first-order valence-corrected chi connectivity index (χ1v) is 16.0. The summed E-state index contributed by atoms with van der Waals surface area (Å²) in [6.45, 7) is 6.66. The predicted molar refractivity (Wildman–Crippen MR) is 150 cm³/mol. The summed E-state index contributed by atoms with van der Waals surface area (Å²) in [5.41, 5.74) is 3.92. The zero-order chi connectivity index (χ0) is 23.3. The Balaban J connectivity index is 2.20. The van der Waals surface area contributed by atoms with Crippen molar-refractivity contribution in [2.75, 3.05) is 11.5 Å². The third-order valence-electron chi connectivity index (χ3n) is 6.46. The van der Waals surface area contributed by atoms with Gasteiger partial charge in [0.2, 0.25) is 0 Å². The molecular formula is C29H52OS2. The Morgan fingerprint density at radius 1 is 0.594 bits per heavy atom. The van der Waals surface area contributed by atoms with Gasteiger partial charge in [-0.25, -0.2) is 0 Å². The van der Waals surface area contributed by atoms with Gasteiger partial charge >= 0.3 is 0 Å². The van der Waals surface area contributed by atoms with Crippen LogP contribution in [-0.2, 0) is 11.5 Å². The van der Waals surface area contributed by atoms with Crippen LogP contribution >= 0.6 is 23.5 Å². The van der Waals surface area contributed by atoms with E-state index < -0.39 is 0 Å². The number of phenolic OH excluding ortho intramolecular Hbond substituents is 1. The van der Waals surface area contributed by atoms with E-state index in [4.69, 9.17) is 0 Å². The maximum absolute atomic E-state index is 10.2. The molecule has 0 bridgehead atoms. The molecular weight excluding hydrogens is 428 g/mol. The van der Waals surface area contributed by atoms with Crippen LogP contribution in [0, 0.1) is 6.92 Å². The Morgan fingerprint density at radius 3 is 1.53 bits per heavy atom. The van der Waals surface area contributed by atoms with E-state index in [2.05, 4.69) is 50.4 Å². The smallest absolute Gasteiger partial charge is 0.118 e. The predicted octanol–water partition coefficient (Wildman–Crippen LogP) is 10.4. The van der Waals surface area contributed by atoms with Crippen LogP contribution in [0.4, 0.5) is 0 Å². The first-order chi connectivity index (χ1) is 15.7. The van der Waals surface area contributed by atoms with Gasteiger partial charge in [0.15, 0.2) is 0 Å². The molecule has 0 heterocycles. The summed E-state index contributed by atoms with van der Waals surface area (Å²) in [6, 6.07) is 4.06. The van der Waals surface area contributed by atoms with Crippen LogP contribution in [0.5, 0.6) is 5.75 Å². The average molecular weight is 481 g/mol.